The summed E-state index contributed by atoms with van der Waals surface area (Å²) in [4.78, 5) is 18.4. The van der Waals surface area contributed by atoms with Gasteiger partial charge in [0.2, 0.25) is 0 Å². The van der Waals surface area contributed by atoms with Crippen molar-refractivity contribution in [1.82, 2.24) is 9.97 Å². The quantitative estimate of drug-likeness (QED) is 0.673. The van der Waals surface area contributed by atoms with Crippen molar-refractivity contribution in [1.29, 1.82) is 0 Å². The fraction of sp³-hybridized carbons (Fsp3) is 0.133. The second kappa shape index (κ2) is 7.07. The van der Waals surface area contributed by atoms with Gasteiger partial charge in [-0.3, -0.25) is 10.3 Å². The minimum absolute atomic E-state index is 0.0706. The normalized spacial score (nSPS) is 11.0. The molecule has 1 amide bonds. The highest BCUT2D eigenvalue weighted by atomic mass is 19.4. The van der Waals surface area contributed by atoms with Gasteiger partial charge in [-0.2, -0.15) is 13.2 Å². The van der Waals surface area contributed by atoms with Crippen LogP contribution in [0.25, 0.3) is 11.3 Å². The SMILES string of the molecule is C=CCOC(=O)Nc1ccc(-c2cncc(F)c2)nc1C(F)(F)F. The molecule has 1 N–H and O–H groups in total. The Morgan fingerprint density at radius 1 is 1.33 bits per heavy atom. The highest BCUT2D eigenvalue weighted by molar-refractivity contribution is 5.86. The molecular formula is C15H11F4N3O2. The van der Waals surface area contributed by atoms with Crippen LogP contribution in [-0.4, -0.2) is 22.7 Å². The summed E-state index contributed by atoms with van der Waals surface area (Å²) in [6.45, 7) is 3.16. The van der Waals surface area contributed by atoms with Crippen molar-refractivity contribution >= 4 is 11.8 Å². The van der Waals surface area contributed by atoms with Gasteiger partial charge in [0.25, 0.3) is 0 Å². The van der Waals surface area contributed by atoms with E-state index in [4.69, 9.17) is 0 Å². The number of carbonyl (C=O) groups is 1. The maximum absolute atomic E-state index is 13.2. The van der Waals surface area contributed by atoms with Gasteiger partial charge < -0.3 is 4.74 Å². The molecule has 0 aliphatic heterocycles. The summed E-state index contributed by atoms with van der Waals surface area (Å²) in [5.74, 6) is -0.710. The lowest BCUT2D eigenvalue weighted by Gasteiger charge is -2.14. The maximum Gasteiger partial charge on any atom is 0.435 e. The van der Waals surface area contributed by atoms with E-state index in [1.165, 1.54) is 18.3 Å². The van der Waals surface area contributed by atoms with Crippen LogP contribution in [0.2, 0.25) is 0 Å². The molecule has 0 radical (unpaired) electrons. The number of amides is 1. The lowest BCUT2D eigenvalue weighted by molar-refractivity contribution is -0.140. The highest BCUT2D eigenvalue weighted by Crippen LogP contribution is 2.35. The van der Waals surface area contributed by atoms with Crippen molar-refractivity contribution < 1.29 is 27.1 Å². The fourth-order valence-electron chi connectivity index (χ4n) is 1.77. The molecule has 0 saturated carbocycles. The van der Waals surface area contributed by atoms with E-state index in [0.717, 1.165) is 18.3 Å². The maximum atomic E-state index is 13.2. The first-order valence-corrected chi connectivity index (χ1v) is 6.55. The van der Waals surface area contributed by atoms with Crippen LogP contribution in [-0.2, 0) is 10.9 Å². The van der Waals surface area contributed by atoms with Crippen LogP contribution in [0.4, 0.5) is 28.0 Å². The van der Waals surface area contributed by atoms with Crippen LogP contribution < -0.4 is 5.32 Å². The standard InChI is InChI=1S/C15H11F4N3O2/c1-2-5-24-14(23)22-12-4-3-11(21-13(12)15(17,18)19)9-6-10(16)8-20-7-9/h2-4,6-8H,1,5H2,(H,22,23). The van der Waals surface area contributed by atoms with Gasteiger partial charge in [0.05, 0.1) is 17.6 Å². The van der Waals surface area contributed by atoms with E-state index in [2.05, 4.69) is 21.3 Å². The Hall–Kier alpha value is -2.97. The Labute approximate surface area is 134 Å². The zero-order valence-electron chi connectivity index (χ0n) is 12.1. The molecule has 0 atom stereocenters. The number of anilines is 1. The van der Waals surface area contributed by atoms with E-state index < -0.39 is 29.5 Å². The molecule has 0 aromatic carbocycles. The zero-order chi connectivity index (χ0) is 17.7. The first kappa shape index (κ1) is 17.4. The molecule has 2 heterocycles. The van der Waals surface area contributed by atoms with Crippen molar-refractivity contribution in [3.05, 3.63) is 54.8 Å². The van der Waals surface area contributed by atoms with E-state index in [9.17, 15) is 22.4 Å². The van der Waals surface area contributed by atoms with Crippen LogP contribution in [0, 0.1) is 5.82 Å². The number of rotatable bonds is 4. The Kier molecular flexibility index (Phi) is 5.12. The molecule has 2 aromatic heterocycles. The average Bonchev–Trinajstić information content (AvgIpc) is 2.52. The van der Waals surface area contributed by atoms with Gasteiger partial charge in [-0.25, -0.2) is 14.2 Å². The number of ether oxygens (including phenoxy) is 1. The summed E-state index contributed by atoms with van der Waals surface area (Å²) < 4.78 is 57.2. The van der Waals surface area contributed by atoms with E-state index in [-0.39, 0.29) is 17.9 Å². The largest absolute Gasteiger partial charge is 0.445 e. The Morgan fingerprint density at radius 2 is 2.08 bits per heavy atom. The van der Waals surface area contributed by atoms with E-state index in [0.29, 0.717) is 0 Å². The third-order valence-electron chi connectivity index (χ3n) is 2.73. The first-order chi connectivity index (χ1) is 11.3. The van der Waals surface area contributed by atoms with Gasteiger partial charge in [0.1, 0.15) is 12.4 Å². The van der Waals surface area contributed by atoms with Gasteiger partial charge >= 0.3 is 12.3 Å². The van der Waals surface area contributed by atoms with E-state index in [1.807, 2.05) is 5.32 Å². The molecule has 0 unspecified atom stereocenters. The van der Waals surface area contributed by atoms with E-state index >= 15 is 0 Å². The lowest BCUT2D eigenvalue weighted by atomic mass is 10.1. The zero-order valence-corrected chi connectivity index (χ0v) is 12.1. The minimum atomic E-state index is -4.84. The number of hydrogen-bond acceptors (Lipinski definition) is 4. The molecule has 24 heavy (non-hydrogen) atoms. The molecule has 5 nitrogen and oxygen atoms in total. The number of hydrogen-bond donors (Lipinski definition) is 1. The van der Waals surface area contributed by atoms with E-state index in [1.54, 1.807) is 0 Å². The van der Waals surface area contributed by atoms with Crippen LogP contribution in [0.3, 0.4) is 0 Å². The van der Waals surface area contributed by atoms with Gasteiger partial charge in [0.15, 0.2) is 5.69 Å². The monoisotopic (exact) mass is 341 g/mol. The summed E-state index contributed by atoms with van der Waals surface area (Å²) in [5, 5.41) is 1.96. The molecular weight excluding hydrogens is 330 g/mol. The number of pyridine rings is 2. The average molecular weight is 341 g/mol. The fourth-order valence-corrected chi connectivity index (χ4v) is 1.77. The lowest BCUT2D eigenvalue weighted by Crippen LogP contribution is -2.19. The van der Waals surface area contributed by atoms with Crippen molar-refractivity contribution in [3.8, 4) is 11.3 Å². The molecule has 126 valence electrons. The predicted molar refractivity (Wildman–Crippen MR) is 77.6 cm³/mol. The highest BCUT2D eigenvalue weighted by Gasteiger charge is 2.36. The number of nitrogens with one attached hydrogen (secondary N) is 1. The Bertz CT molecular complexity index is 763. The molecule has 0 aliphatic carbocycles. The third-order valence-corrected chi connectivity index (χ3v) is 2.73. The number of halogens is 4. The van der Waals surface area contributed by atoms with Crippen molar-refractivity contribution in [2.24, 2.45) is 0 Å². The summed E-state index contributed by atoms with van der Waals surface area (Å²) in [6, 6.07) is 3.21. The van der Waals surface area contributed by atoms with Gasteiger partial charge in [-0.1, -0.05) is 12.7 Å². The third kappa shape index (κ3) is 4.28. The van der Waals surface area contributed by atoms with Gasteiger partial charge in [-0.05, 0) is 18.2 Å². The molecule has 0 spiro atoms. The predicted octanol–water partition coefficient (Wildman–Crippen LogP) is 4.04. The van der Waals surface area contributed by atoms with Crippen LogP contribution in [0.1, 0.15) is 5.69 Å². The molecule has 9 heteroatoms. The molecule has 0 aliphatic rings. The number of nitrogens with zero attached hydrogens (tertiary/aromatic N) is 2. The van der Waals surface area contributed by atoms with Crippen LogP contribution >= 0.6 is 0 Å². The molecule has 0 fully saturated rings. The van der Waals surface area contributed by atoms with Crippen molar-refractivity contribution in [3.63, 3.8) is 0 Å². The van der Waals surface area contributed by atoms with Crippen molar-refractivity contribution in [2.75, 3.05) is 11.9 Å². The van der Waals surface area contributed by atoms with Gasteiger partial charge in [-0.15, -0.1) is 0 Å². The molecule has 2 aromatic rings. The Morgan fingerprint density at radius 3 is 2.71 bits per heavy atom. The summed E-state index contributed by atoms with van der Waals surface area (Å²) >= 11 is 0. The van der Waals surface area contributed by atoms with Crippen LogP contribution in [0.15, 0.2) is 43.2 Å². The minimum Gasteiger partial charge on any atom is -0.445 e. The first-order valence-electron chi connectivity index (χ1n) is 6.55. The van der Waals surface area contributed by atoms with Gasteiger partial charge in [0, 0.05) is 11.8 Å². The molecule has 0 bridgehead atoms. The number of aromatic nitrogens is 2. The Balaban J connectivity index is 2.39. The van der Waals surface area contributed by atoms with Crippen LogP contribution in [0.5, 0.6) is 0 Å². The second-order valence-electron chi connectivity index (χ2n) is 4.49. The molecule has 0 saturated heterocycles. The summed E-state index contributed by atoms with van der Waals surface area (Å²) in [6.07, 6.45) is -2.56. The second-order valence-corrected chi connectivity index (χ2v) is 4.49. The molecule has 2 rings (SSSR count). The van der Waals surface area contributed by atoms with Crippen molar-refractivity contribution in [2.45, 2.75) is 6.18 Å². The number of carbonyl (C=O) groups excluding carboxylic acids is 1. The smallest absolute Gasteiger partial charge is 0.435 e. The summed E-state index contributed by atoms with van der Waals surface area (Å²) in [5.41, 5.74) is -1.98. The number of alkyl halides is 3. The topological polar surface area (TPSA) is 64.1 Å². The summed E-state index contributed by atoms with van der Waals surface area (Å²) in [7, 11) is 0.